The highest BCUT2D eigenvalue weighted by Gasteiger charge is 2.09. The van der Waals surface area contributed by atoms with Gasteiger partial charge in [-0.15, -0.1) is 12.4 Å². The summed E-state index contributed by atoms with van der Waals surface area (Å²) in [5.41, 5.74) is 0.215. The molecule has 0 aromatic carbocycles. The van der Waals surface area contributed by atoms with Gasteiger partial charge in [-0.05, 0) is 19.2 Å². The van der Waals surface area contributed by atoms with Crippen LogP contribution in [0, 0.1) is 0 Å². The molecule has 15 heavy (non-hydrogen) atoms. The lowest BCUT2D eigenvalue weighted by Gasteiger charge is -2.15. The molecule has 86 valence electrons. The molecule has 1 heterocycles. The fourth-order valence-corrected chi connectivity index (χ4v) is 1.24. The van der Waals surface area contributed by atoms with E-state index >= 15 is 0 Å². The lowest BCUT2D eigenvalue weighted by atomic mass is 10.3. The molecule has 0 bridgehead atoms. The first-order valence-electron chi connectivity index (χ1n) is 4.70. The molecular weight excluding hydrogens is 218 g/mol. The number of rotatable bonds is 5. The highest BCUT2D eigenvalue weighted by molar-refractivity contribution is 5.87. The minimum absolute atomic E-state index is 0. The van der Waals surface area contributed by atoms with Crippen molar-refractivity contribution in [3.05, 3.63) is 23.7 Å². The minimum atomic E-state index is -0.945. The number of aromatic carboxylic acids is 1. The summed E-state index contributed by atoms with van der Waals surface area (Å²) >= 11 is 0. The number of nitrogens with zero attached hydrogens (tertiary/aromatic N) is 1. The Morgan fingerprint density at radius 2 is 2.07 bits per heavy atom. The summed E-state index contributed by atoms with van der Waals surface area (Å²) in [7, 11) is 0. The molecule has 0 unspecified atom stereocenters. The summed E-state index contributed by atoms with van der Waals surface area (Å²) in [5.74, 6) is -0.245. The number of furan rings is 1. The molecule has 1 aromatic heterocycles. The predicted octanol–water partition coefficient (Wildman–Crippen LogP) is 2.24. The Bertz CT molecular complexity index is 307. The lowest BCUT2D eigenvalue weighted by molar-refractivity contribution is 0.0696. The molecular formula is C10H16ClNO3. The van der Waals surface area contributed by atoms with E-state index in [9.17, 15) is 4.79 Å². The first kappa shape index (κ1) is 14.0. The fourth-order valence-electron chi connectivity index (χ4n) is 1.24. The van der Waals surface area contributed by atoms with Gasteiger partial charge in [-0.2, -0.15) is 0 Å². The molecule has 1 N–H and O–H groups in total. The van der Waals surface area contributed by atoms with Gasteiger partial charge < -0.3 is 9.52 Å². The molecule has 0 aliphatic rings. The molecule has 1 aromatic rings. The van der Waals surface area contributed by atoms with Crippen LogP contribution in [0.2, 0.25) is 0 Å². The van der Waals surface area contributed by atoms with Crippen molar-refractivity contribution in [2.45, 2.75) is 20.4 Å². The standard InChI is InChI=1S/C10H15NO3.ClH/c1-3-11(4-2)6-9-5-8(7-14-9)10(12)13;/h5,7H,3-4,6H2,1-2H3,(H,12,13);1H. The molecule has 0 radical (unpaired) electrons. The smallest absolute Gasteiger partial charge is 0.338 e. The molecule has 0 amide bonds. The first-order chi connectivity index (χ1) is 6.67. The van der Waals surface area contributed by atoms with Crippen LogP contribution in [0.15, 0.2) is 16.7 Å². The normalized spacial score (nSPS) is 10.1. The highest BCUT2D eigenvalue weighted by Crippen LogP contribution is 2.10. The number of carboxylic acids is 1. The average molecular weight is 234 g/mol. The summed E-state index contributed by atoms with van der Waals surface area (Å²) < 4.78 is 5.14. The van der Waals surface area contributed by atoms with Crippen molar-refractivity contribution in [1.29, 1.82) is 0 Å². The van der Waals surface area contributed by atoms with Crippen LogP contribution in [0.5, 0.6) is 0 Å². The van der Waals surface area contributed by atoms with E-state index < -0.39 is 5.97 Å². The summed E-state index contributed by atoms with van der Waals surface area (Å²) in [5, 5.41) is 8.67. The van der Waals surface area contributed by atoms with E-state index in [1.165, 1.54) is 6.26 Å². The van der Waals surface area contributed by atoms with Crippen LogP contribution in [-0.2, 0) is 6.54 Å². The summed E-state index contributed by atoms with van der Waals surface area (Å²) in [4.78, 5) is 12.7. The maximum absolute atomic E-state index is 10.6. The van der Waals surface area contributed by atoms with E-state index in [2.05, 4.69) is 18.7 Å². The molecule has 4 nitrogen and oxygen atoms in total. The number of halogens is 1. The highest BCUT2D eigenvalue weighted by atomic mass is 35.5. The van der Waals surface area contributed by atoms with Crippen molar-refractivity contribution in [3.8, 4) is 0 Å². The van der Waals surface area contributed by atoms with E-state index in [1.807, 2.05) is 0 Å². The number of hydrogen-bond donors (Lipinski definition) is 1. The maximum Gasteiger partial charge on any atom is 0.338 e. The summed E-state index contributed by atoms with van der Waals surface area (Å²) in [6.07, 6.45) is 1.28. The van der Waals surface area contributed by atoms with Crippen LogP contribution in [0.25, 0.3) is 0 Å². The summed E-state index contributed by atoms with van der Waals surface area (Å²) in [6.45, 7) is 6.65. The minimum Gasteiger partial charge on any atom is -0.478 e. The third-order valence-electron chi connectivity index (χ3n) is 2.17. The molecule has 0 spiro atoms. The number of carboxylic acid groups (broad SMARTS) is 1. The molecule has 0 atom stereocenters. The fraction of sp³-hybridized carbons (Fsp3) is 0.500. The van der Waals surface area contributed by atoms with Crippen molar-refractivity contribution in [3.63, 3.8) is 0 Å². The number of hydrogen-bond acceptors (Lipinski definition) is 3. The van der Waals surface area contributed by atoms with Crippen LogP contribution in [0.1, 0.15) is 30.0 Å². The monoisotopic (exact) mass is 233 g/mol. The molecule has 0 saturated carbocycles. The Labute approximate surface area is 95.3 Å². The van der Waals surface area contributed by atoms with Gasteiger partial charge in [0, 0.05) is 0 Å². The topological polar surface area (TPSA) is 53.7 Å². The Morgan fingerprint density at radius 3 is 2.47 bits per heavy atom. The van der Waals surface area contributed by atoms with Crippen molar-refractivity contribution in [2.24, 2.45) is 0 Å². The molecule has 0 aliphatic heterocycles. The Kier molecular flexibility index (Phi) is 6.05. The second-order valence-electron chi connectivity index (χ2n) is 3.07. The SMILES string of the molecule is CCN(CC)Cc1cc(C(=O)O)co1.Cl. The van der Waals surface area contributed by atoms with Gasteiger partial charge in [0.2, 0.25) is 0 Å². The van der Waals surface area contributed by atoms with Gasteiger partial charge >= 0.3 is 5.97 Å². The van der Waals surface area contributed by atoms with Gasteiger partial charge in [0.15, 0.2) is 0 Å². The predicted molar refractivity (Wildman–Crippen MR) is 59.5 cm³/mol. The second kappa shape index (κ2) is 6.48. The lowest BCUT2D eigenvalue weighted by Crippen LogP contribution is -2.21. The third-order valence-corrected chi connectivity index (χ3v) is 2.17. The van der Waals surface area contributed by atoms with Crippen LogP contribution in [-0.4, -0.2) is 29.1 Å². The molecule has 1 rings (SSSR count). The largest absolute Gasteiger partial charge is 0.478 e. The molecule has 5 heteroatoms. The van der Waals surface area contributed by atoms with E-state index in [0.717, 1.165) is 13.1 Å². The Balaban J connectivity index is 0.00000196. The van der Waals surface area contributed by atoms with E-state index in [4.69, 9.17) is 9.52 Å². The van der Waals surface area contributed by atoms with Crippen LogP contribution < -0.4 is 0 Å². The van der Waals surface area contributed by atoms with Crippen molar-refractivity contribution in [2.75, 3.05) is 13.1 Å². The van der Waals surface area contributed by atoms with Gasteiger partial charge in [-0.3, -0.25) is 4.90 Å². The molecule has 0 aliphatic carbocycles. The van der Waals surface area contributed by atoms with Gasteiger partial charge in [0.05, 0.1) is 12.1 Å². The molecule has 0 fully saturated rings. The zero-order valence-corrected chi connectivity index (χ0v) is 9.71. The average Bonchev–Trinajstić information content (AvgIpc) is 2.62. The van der Waals surface area contributed by atoms with Gasteiger partial charge in [-0.25, -0.2) is 4.79 Å². The van der Waals surface area contributed by atoms with E-state index in [-0.39, 0.29) is 18.0 Å². The van der Waals surface area contributed by atoms with Crippen LogP contribution in [0.4, 0.5) is 0 Å². The van der Waals surface area contributed by atoms with Gasteiger partial charge in [-0.1, -0.05) is 13.8 Å². The van der Waals surface area contributed by atoms with E-state index in [1.54, 1.807) is 6.07 Å². The maximum atomic E-state index is 10.6. The van der Waals surface area contributed by atoms with Crippen molar-refractivity contribution >= 4 is 18.4 Å². The summed E-state index contributed by atoms with van der Waals surface area (Å²) in [6, 6.07) is 1.57. The van der Waals surface area contributed by atoms with Crippen molar-refractivity contribution in [1.82, 2.24) is 4.90 Å². The van der Waals surface area contributed by atoms with Crippen molar-refractivity contribution < 1.29 is 14.3 Å². The Morgan fingerprint density at radius 1 is 1.47 bits per heavy atom. The zero-order valence-electron chi connectivity index (χ0n) is 8.90. The van der Waals surface area contributed by atoms with E-state index in [0.29, 0.717) is 12.3 Å². The zero-order chi connectivity index (χ0) is 10.6. The van der Waals surface area contributed by atoms with Gasteiger partial charge in [0.1, 0.15) is 12.0 Å². The van der Waals surface area contributed by atoms with Crippen LogP contribution >= 0.6 is 12.4 Å². The van der Waals surface area contributed by atoms with Gasteiger partial charge in [0.25, 0.3) is 0 Å². The third kappa shape index (κ3) is 3.93. The second-order valence-corrected chi connectivity index (χ2v) is 3.07. The first-order valence-corrected chi connectivity index (χ1v) is 4.70. The quantitative estimate of drug-likeness (QED) is 0.848. The molecule has 0 saturated heterocycles. The Hall–Kier alpha value is -1.000. The number of carbonyl (C=O) groups is 1. The van der Waals surface area contributed by atoms with Crippen LogP contribution in [0.3, 0.4) is 0 Å².